The second-order valence-electron chi connectivity index (χ2n) is 10.8. The summed E-state index contributed by atoms with van der Waals surface area (Å²) in [6.45, 7) is 6.50. The zero-order valence-corrected chi connectivity index (χ0v) is 23.4. The molecule has 0 bridgehead atoms. The summed E-state index contributed by atoms with van der Waals surface area (Å²) in [7, 11) is 0. The predicted molar refractivity (Wildman–Crippen MR) is 138 cm³/mol. The molecule has 17 heteroatoms. The molecule has 2 amide bonds. The van der Waals surface area contributed by atoms with E-state index in [1.165, 1.54) is 12.3 Å². The van der Waals surface area contributed by atoms with Crippen LogP contribution < -0.4 is 5.32 Å². The quantitative estimate of drug-likeness (QED) is 0.197. The number of anilines is 1. The highest BCUT2D eigenvalue weighted by Gasteiger charge is 2.46. The molecule has 0 aliphatic heterocycles. The monoisotopic (exact) mass is 620 g/mol. The van der Waals surface area contributed by atoms with Crippen molar-refractivity contribution in [1.82, 2.24) is 25.3 Å². The number of benzene rings is 1. The summed E-state index contributed by atoms with van der Waals surface area (Å²) in [5.74, 6) is -2.03. The summed E-state index contributed by atoms with van der Waals surface area (Å²) in [4.78, 5) is 26.4. The molecule has 2 aromatic heterocycles. The number of hydrogen-bond donors (Lipinski definition) is 4. The third-order valence-electron chi connectivity index (χ3n) is 6.43. The van der Waals surface area contributed by atoms with E-state index in [-0.39, 0.29) is 18.3 Å². The lowest BCUT2D eigenvalue weighted by Crippen LogP contribution is -2.54. The van der Waals surface area contributed by atoms with Gasteiger partial charge in [0.2, 0.25) is 11.8 Å². The smallest absolute Gasteiger partial charge is 0.416 e. The number of amides is 2. The highest BCUT2D eigenvalue weighted by molar-refractivity contribution is 5.94. The number of nitrogens with one attached hydrogen (secondary N) is 2. The lowest BCUT2D eigenvalue weighted by molar-refractivity contribution is -0.143. The largest absolute Gasteiger partial charge is 0.465 e. The molecule has 3 rings (SSSR count). The third-order valence-corrected chi connectivity index (χ3v) is 6.43. The van der Waals surface area contributed by atoms with Crippen LogP contribution in [0.4, 0.5) is 37.0 Å². The van der Waals surface area contributed by atoms with Crippen LogP contribution in [-0.2, 0) is 17.1 Å². The molecule has 11 nitrogen and oxygen atoms in total. The molecule has 0 spiro atoms. The third kappa shape index (κ3) is 8.03. The minimum atomic E-state index is -5.13. The highest BCUT2D eigenvalue weighted by Crippen LogP contribution is 2.42. The highest BCUT2D eigenvalue weighted by atomic mass is 19.4. The van der Waals surface area contributed by atoms with Gasteiger partial charge in [0.15, 0.2) is 6.10 Å². The summed E-state index contributed by atoms with van der Waals surface area (Å²) in [5, 5.41) is 37.4. The van der Waals surface area contributed by atoms with Crippen molar-refractivity contribution in [3.8, 4) is 11.5 Å². The van der Waals surface area contributed by atoms with Crippen molar-refractivity contribution in [2.45, 2.75) is 77.5 Å². The minimum absolute atomic E-state index is 0.00346. The van der Waals surface area contributed by atoms with Gasteiger partial charge in [0.05, 0.1) is 23.4 Å². The predicted octanol–water partition coefficient (Wildman–Crippen LogP) is 6.12. The van der Waals surface area contributed by atoms with Crippen LogP contribution in [0.5, 0.6) is 0 Å². The molecule has 0 aliphatic carbocycles. The lowest BCUT2D eigenvalue weighted by Gasteiger charge is -2.42. The van der Waals surface area contributed by atoms with Crippen molar-refractivity contribution < 1.29 is 50.6 Å². The molecule has 0 radical (unpaired) electrons. The van der Waals surface area contributed by atoms with Crippen molar-refractivity contribution in [2.24, 2.45) is 5.41 Å². The SMILES string of the molecule is CCCC[C@@H]([C@H](O)C(=O)Nc1ccn[nH]1)N(C(=O)O)[C@@H](c1nnc(-c2cc(C(F)(F)F)cc(C(F)(F)F)c2)o1)C(C)(C)C. The van der Waals surface area contributed by atoms with E-state index in [9.17, 15) is 46.1 Å². The Morgan fingerprint density at radius 1 is 1.05 bits per heavy atom. The first-order valence-corrected chi connectivity index (χ1v) is 13.0. The molecule has 0 saturated heterocycles. The van der Waals surface area contributed by atoms with Crippen LogP contribution in [0.15, 0.2) is 34.9 Å². The van der Waals surface area contributed by atoms with Crippen LogP contribution in [0, 0.1) is 5.41 Å². The van der Waals surface area contributed by atoms with E-state index in [0.717, 1.165) is 4.90 Å². The molecular formula is C26H30F6N6O5. The number of aromatic nitrogens is 4. The molecule has 1 aromatic carbocycles. The number of alkyl halides is 6. The number of aromatic amines is 1. The molecule has 0 saturated carbocycles. The first-order valence-electron chi connectivity index (χ1n) is 13.0. The van der Waals surface area contributed by atoms with Crippen LogP contribution >= 0.6 is 0 Å². The number of carbonyl (C=O) groups excluding carboxylic acids is 1. The van der Waals surface area contributed by atoms with Crippen molar-refractivity contribution in [1.29, 1.82) is 0 Å². The number of carbonyl (C=O) groups is 2. The number of hydrogen-bond acceptors (Lipinski definition) is 7. The lowest BCUT2D eigenvalue weighted by atomic mass is 9.83. The fraction of sp³-hybridized carbons (Fsp3) is 0.500. The van der Waals surface area contributed by atoms with Crippen molar-refractivity contribution >= 4 is 17.8 Å². The number of aliphatic hydroxyl groups is 1. The van der Waals surface area contributed by atoms with Gasteiger partial charge >= 0.3 is 18.4 Å². The molecule has 4 N–H and O–H groups in total. The molecule has 0 aliphatic rings. The van der Waals surface area contributed by atoms with Gasteiger partial charge in [0.25, 0.3) is 5.91 Å². The van der Waals surface area contributed by atoms with Gasteiger partial charge in [-0.2, -0.15) is 31.4 Å². The Balaban J connectivity index is 2.11. The summed E-state index contributed by atoms with van der Waals surface area (Å²) in [5.41, 5.74) is -5.01. The summed E-state index contributed by atoms with van der Waals surface area (Å²) < 4.78 is 86.1. The Labute approximate surface area is 241 Å². The van der Waals surface area contributed by atoms with Gasteiger partial charge in [0.1, 0.15) is 11.9 Å². The Morgan fingerprint density at radius 2 is 1.65 bits per heavy atom. The maximum atomic E-state index is 13.4. The molecule has 43 heavy (non-hydrogen) atoms. The number of nitrogens with zero attached hydrogens (tertiary/aromatic N) is 4. The minimum Gasteiger partial charge on any atom is -0.465 e. The number of H-pyrrole nitrogens is 1. The average molecular weight is 621 g/mol. The van der Waals surface area contributed by atoms with E-state index < -0.39 is 76.4 Å². The zero-order valence-electron chi connectivity index (χ0n) is 23.4. The molecule has 0 unspecified atom stereocenters. The van der Waals surface area contributed by atoms with Gasteiger partial charge in [-0.25, -0.2) is 4.79 Å². The summed E-state index contributed by atoms with van der Waals surface area (Å²) >= 11 is 0. The molecule has 3 atom stereocenters. The normalized spacial score (nSPS) is 14.7. The van der Waals surface area contributed by atoms with Crippen LogP contribution in [0.1, 0.15) is 70.0 Å². The first kappa shape index (κ1) is 33.4. The maximum Gasteiger partial charge on any atom is 0.416 e. The van der Waals surface area contributed by atoms with Gasteiger partial charge < -0.3 is 19.9 Å². The fourth-order valence-electron chi connectivity index (χ4n) is 4.46. The van der Waals surface area contributed by atoms with Gasteiger partial charge in [-0.3, -0.25) is 14.8 Å². The fourth-order valence-corrected chi connectivity index (χ4v) is 4.46. The number of halogens is 6. The topological polar surface area (TPSA) is 157 Å². The molecule has 3 aromatic rings. The van der Waals surface area contributed by atoms with Crippen molar-refractivity contribution in [3.63, 3.8) is 0 Å². The zero-order chi connectivity index (χ0) is 32.3. The Kier molecular flexibility index (Phi) is 9.78. The first-order chi connectivity index (χ1) is 19.8. The van der Waals surface area contributed by atoms with Gasteiger partial charge in [-0.15, -0.1) is 10.2 Å². The van der Waals surface area contributed by atoms with Gasteiger partial charge in [-0.1, -0.05) is 40.5 Å². The number of carboxylic acid groups (broad SMARTS) is 1. The van der Waals surface area contributed by atoms with E-state index in [2.05, 4.69) is 25.7 Å². The maximum absolute atomic E-state index is 13.4. The second-order valence-corrected chi connectivity index (χ2v) is 10.8. The molecular weight excluding hydrogens is 590 g/mol. The standard InChI is InChI=1S/C26H30F6N6O5/c1-5-6-7-16(18(39)20(40)34-17-8-9-33-35-17)38(23(41)42)19(24(2,3)4)22-37-36-21(43-22)13-10-14(25(27,28)29)12-15(11-13)26(30,31)32/h8-12,16,18-19,39H,5-7H2,1-4H3,(H,41,42)(H2,33,34,35,40)/t16-,18-,19-/m0/s1. The van der Waals surface area contributed by atoms with Gasteiger partial charge in [0, 0.05) is 11.6 Å². The van der Waals surface area contributed by atoms with E-state index in [0.29, 0.717) is 25.0 Å². The molecule has 0 fully saturated rings. The van der Waals surface area contributed by atoms with Crippen molar-refractivity contribution in [3.05, 3.63) is 47.5 Å². The van der Waals surface area contributed by atoms with Crippen molar-refractivity contribution in [2.75, 3.05) is 5.32 Å². The van der Waals surface area contributed by atoms with Crippen LogP contribution in [0.2, 0.25) is 0 Å². The average Bonchev–Trinajstić information content (AvgIpc) is 3.58. The Bertz CT molecular complexity index is 1370. The Morgan fingerprint density at radius 3 is 2.12 bits per heavy atom. The van der Waals surface area contributed by atoms with E-state index in [1.54, 1.807) is 27.7 Å². The van der Waals surface area contributed by atoms with E-state index in [4.69, 9.17) is 4.42 Å². The second kappa shape index (κ2) is 12.6. The molecule has 2 heterocycles. The number of unbranched alkanes of at least 4 members (excludes halogenated alkanes) is 1. The number of aliphatic hydroxyl groups excluding tert-OH is 1. The van der Waals surface area contributed by atoms with Crippen LogP contribution in [0.3, 0.4) is 0 Å². The van der Waals surface area contributed by atoms with E-state index >= 15 is 0 Å². The van der Waals surface area contributed by atoms with Gasteiger partial charge in [-0.05, 0) is 30.0 Å². The number of rotatable bonds is 10. The van der Waals surface area contributed by atoms with E-state index in [1.807, 2.05) is 0 Å². The van der Waals surface area contributed by atoms with Crippen LogP contribution in [-0.4, -0.2) is 59.7 Å². The molecule has 236 valence electrons. The Hall–Kier alpha value is -4.15. The summed E-state index contributed by atoms with van der Waals surface area (Å²) in [6, 6.07) is -0.640. The summed E-state index contributed by atoms with van der Waals surface area (Å²) in [6.07, 6.45) is -11.5. The van der Waals surface area contributed by atoms with Crippen LogP contribution in [0.25, 0.3) is 11.5 Å².